The number of thiazole rings is 1. The molecule has 3 rings (SSSR count). The molecule has 8 heteroatoms. The lowest BCUT2D eigenvalue weighted by molar-refractivity contribution is 0.0704. The van der Waals surface area contributed by atoms with Crippen molar-refractivity contribution in [3.05, 3.63) is 57.7 Å². The van der Waals surface area contributed by atoms with Gasteiger partial charge in [-0.25, -0.2) is 9.88 Å². The molecule has 124 valence electrons. The Kier molecular flexibility index (Phi) is 4.17. The van der Waals surface area contributed by atoms with E-state index in [0.29, 0.717) is 5.13 Å². The molecule has 0 aliphatic carbocycles. The van der Waals surface area contributed by atoms with Crippen LogP contribution >= 0.6 is 11.3 Å². The predicted molar refractivity (Wildman–Crippen MR) is 91.1 cm³/mol. The van der Waals surface area contributed by atoms with E-state index in [1.165, 1.54) is 36.5 Å². The highest BCUT2D eigenvalue weighted by Gasteiger charge is 2.37. The molecule has 1 aromatic carbocycles. The quantitative estimate of drug-likeness (QED) is 0.676. The Morgan fingerprint density at radius 2 is 2.04 bits per heavy atom. The van der Waals surface area contributed by atoms with Gasteiger partial charge in [0.15, 0.2) is 5.13 Å². The fourth-order valence-electron chi connectivity index (χ4n) is 2.44. The zero-order chi connectivity index (χ0) is 18.1. The van der Waals surface area contributed by atoms with Gasteiger partial charge >= 0.3 is 0 Å². The molecule has 25 heavy (non-hydrogen) atoms. The third kappa shape index (κ3) is 2.93. The van der Waals surface area contributed by atoms with Crippen LogP contribution < -0.4 is 5.32 Å². The highest BCUT2D eigenvalue weighted by atomic mass is 32.1. The lowest BCUT2D eigenvalue weighted by Gasteiger charge is -2.12. The first-order valence-electron chi connectivity index (χ1n) is 7.25. The molecule has 1 N–H and O–H groups in total. The smallest absolute Gasteiger partial charge is 0.265 e. The number of aromatic nitrogens is 1. The summed E-state index contributed by atoms with van der Waals surface area (Å²) in [5.41, 5.74) is 1.62. The molecular formula is C17H12N4O3S. The minimum absolute atomic E-state index is 0.138. The Morgan fingerprint density at radius 3 is 2.68 bits per heavy atom. The van der Waals surface area contributed by atoms with Gasteiger partial charge in [-0.15, -0.1) is 11.3 Å². The van der Waals surface area contributed by atoms with Crippen LogP contribution in [0.2, 0.25) is 0 Å². The molecule has 1 aliphatic rings. The summed E-state index contributed by atoms with van der Waals surface area (Å²) in [6.45, 7) is 3.32. The van der Waals surface area contributed by atoms with Crippen LogP contribution in [0.15, 0.2) is 35.4 Å². The molecule has 7 nitrogen and oxygen atoms in total. The van der Waals surface area contributed by atoms with Gasteiger partial charge < -0.3 is 0 Å². The van der Waals surface area contributed by atoms with Gasteiger partial charge in [0.05, 0.1) is 22.9 Å². The highest BCUT2D eigenvalue weighted by Crippen LogP contribution is 2.27. The van der Waals surface area contributed by atoms with Crippen LogP contribution in [0.5, 0.6) is 0 Å². The van der Waals surface area contributed by atoms with Crippen molar-refractivity contribution in [1.29, 1.82) is 5.26 Å². The number of allylic oxidation sites excluding steroid dienone is 2. The molecule has 0 bridgehead atoms. The first-order valence-corrected chi connectivity index (χ1v) is 8.13. The van der Waals surface area contributed by atoms with Crippen LogP contribution in [0.4, 0.5) is 5.13 Å². The van der Waals surface area contributed by atoms with Gasteiger partial charge in [-0.2, -0.15) is 5.26 Å². The van der Waals surface area contributed by atoms with E-state index in [9.17, 15) is 14.4 Å². The van der Waals surface area contributed by atoms with Crippen molar-refractivity contribution in [3.8, 4) is 6.07 Å². The maximum Gasteiger partial charge on any atom is 0.265 e. The first-order chi connectivity index (χ1) is 11.9. The molecule has 1 aromatic heterocycles. The van der Waals surface area contributed by atoms with Crippen molar-refractivity contribution in [3.63, 3.8) is 0 Å². The standard InChI is InChI=1S/C17H12N4O3S/c1-9-8-25-17(19-9)20-14(22)11-3-4-12-13(7-11)16(24)21(15(12)23)10(2)5-6-18/h3-5,7-8H,1-2H3,(H,19,20,22)/b10-5+. The van der Waals surface area contributed by atoms with Crippen LogP contribution in [0.1, 0.15) is 43.7 Å². The van der Waals surface area contributed by atoms with E-state index in [4.69, 9.17) is 5.26 Å². The largest absolute Gasteiger partial charge is 0.298 e. The van der Waals surface area contributed by atoms with Crippen molar-refractivity contribution in [2.45, 2.75) is 13.8 Å². The summed E-state index contributed by atoms with van der Waals surface area (Å²) in [5.74, 6) is -1.48. The second kappa shape index (κ2) is 6.30. The molecule has 0 spiro atoms. The van der Waals surface area contributed by atoms with Crippen molar-refractivity contribution in [1.82, 2.24) is 9.88 Å². The van der Waals surface area contributed by atoms with Crippen LogP contribution in [0.3, 0.4) is 0 Å². The first kappa shape index (κ1) is 16.5. The number of benzene rings is 1. The number of anilines is 1. The van der Waals surface area contributed by atoms with Crippen LogP contribution in [0.25, 0.3) is 0 Å². The molecule has 2 aromatic rings. The van der Waals surface area contributed by atoms with Crippen LogP contribution in [-0.2, 0) is 0 Å². The fraction of sp³-hybridized carbons (Fsp3) is 0.118. The lowest BCUT2D eigenvalue weighted by Crippen LogP contribution is -2.27. The van der Waals surface area contributed by atoms with Gasteiger partial charge in [-0.1, -0.05) is 0 Å². The molecule has 0 saturated heterocycles. The van der Waals surface area contributed by atoms with Gasteiger partial charge in [0.1, 0.15) is 0 Å². The Balaban J connectivity index is 1.90. The Bertz CT molecular complexity index is 984. The van der Waals surface area contributed by atoms with E-state index < -0.39 is 17.7 Å². The number of rotatable bonds is 3. The summed E-state index contributed by atoms with van der Waals surface area (Å²) in [5, 5.41) is 13.6. The number of imide groups is 1. The van der Waals surface area contributed by atoms with Gasteiger partial charge in [0.2, 0.25) is 0 Å². The third-order valence-electron chi connectivity index (χ3n) is 3.61. The number of hydrogen-bond acceptors (Lipinski definition) is 6. The van der Waals surface area contributed by atoms with E-state index in [1.807, 2.05) is 12.3 Å². The summed E-state index contributed by atoms with van der Waals surface area (Å²) >= 11 is 1.30. The Morgan fingerprint density at radius 1 is 1.32 bits per heavy atom. The average molecular weight is 352 g/mol. The average Bonchev–Trinajstić information content (AvgIpc) is 3.09. The van der Waals surface area contributed by atoms with E-state index >= 15 is 0 Å². The molecular weight excluding hydrogens is 340 g/mol. The number of hydrogen-bond donors (Lipinski definition) is 1. The molecule has 0 atom stereocenters. The Hall–Kier alpha value is -3.31. The molecule has 2 heterocycles. The third-order valence-corrected chi connectivity index (χ3v) is 4.49. The van der Waals surface area contributed by atoms with Crippen molar-refractivity contribution >= 4 is 34.2 Å². The fourth-order valence-corrected chi connectivity index (χ4v) is 3.12. The molecule has 1 aliphatic heterocycles. The number of carbonyl (C=O) groups excluding carboxylic acids is 3. The topological polar surface area (TPSA) is 103 Å². The molecule has 0 radical (unpaired) electrons. The van der Waals surface area contributed by atoms with Gasteiger partial charge in [-0.05, 0) is 32.0 Å². The number of carbonyl (C=O) groups is 3. The predicted octanol–water partition coefficient (Wildman–Crippen LogP) is 2.73. The summed E-state index contributed by atoms with van der Waals surface area (Å²) in [6, 6.07) is 6.09. The summed E-state index contributed by atoms with van der Waals surface area (Å²) in [4.78, 5) is 42.2. The number of aryl methyl sites for hydroxylation is 1. The molecule has 0 unspecified atom stereocenters. The van der Waals surface area contributed by atoms with E-state index in [0.717, 1.165) is 16.7 Å². The molecule has 3 amide bonds. The second-order valence-corrected chi connectivity index (χ2v) is 6.23. The highest BCUT2D eigenvalue weighted by molar-refractivity contribution is 7.13. The minimum atomic E-state index is -0.552. The molecule has 0 saturated carbocycles. The SMILES string of the molecule is C/C(=C\C#N)N1C(=O)c2ccc(C(=O)Nc3nc(C)cs3)cc2C1=O. The number of nitrogens with zero attached hydrogens (tertiary/aromatic N) is 3. The molecule has 0 fully saturated rings. The van der Waals surface area contributed by atoms with Crippen molar-refractivity contribution in [2.75, 3.05) is 5.32 Å². The normalized spacial score (nSPS) is 13.6. The van der Waals surface area contributed by atoms with Crippen LogP contribution in [0, 0.1) is 18.3 Å². The summed E-state index contributed by atoms with van der Waals surface area (Å²) in [7, 11) is 0. The Labute approximate surface area is 147 Å². The van der Waals surface area contributed by atoms with Gasteiger partial charge in [0, 0.05) is 22.7 Å². The zero-order valence-electron chi connectivity index (χ0n) is 13.4. The summed E-state index contributed by atoms with van der Waals surface area (Å²) < 4.78 is 0. The van der Waals surface area contributed by atoms with Crippen molar-refractivity contribution in [2.24, 2.45) is 0 Å². The lowest BCUT2D eigenvalue weighted by atomic mass is 10.1. The number of fused-ring (bicyclic) bond motifs is 1. The number of amides is 3. The number of nitriles is 1. The van der Waals surface area contributed by atoms with Crippen LogP contribution in [-0.4, -0.2) is 27.6 Å². The zero-order valence-corrected chi connectivity index (χ0v) is 14.2. The van der Waals surface area contributed by atoms with Gasteiger partial charge in [-0.3, -0.25) is 19.7 Å². The second-order valence-electron chi connectivity index (χ2n) is 5.37. The maximum atomic E-state index is 12.5. The van der Waals surface area contributed by atoms with Crippen molar-refractivity contribution < 1.29 is 14.4 Å². The van der Waals surface area contributed by atoms with E-state index in [2.05, 4.69) is 10.3 Å². The summed E-state index contributed by atoms with van der Waals surface area (Å²) in [6.07, 6.45) is 1.13. The maximum absolute atomic E-state index is 12.5. The number of nitrogens with one attached hydrogen (secondary N) is 1. The van der Waals surface area contributed by atoms with Gasteiger partial charge in [0.25, 0.3) is 17.7 Å². The minimum Gasteiger partial charge on any atom is -0.298 e. The monoisotopic (exact) mass is 352 g/mol. The van der Waals surface area contributed by atoms with E-state index in [1.54, 1.807) is 6.07 Å². The van der Waals surface area contributed by atoms with E-state index in [-0.39, 0.29) is 22.4 Å².